The monoisotopic (exact) mass is 202 g/mol. The van der Waals surface area contributed by atoms with Gasteiger partial charge < -0.3 is 0 Å². The molecule has 0 N–H and O–H groups in total. The molecule has 0 aromatic heterocycles. The molecule has 1 aliphatic rings. The molecule has 2 rings (SSSR count). The van der Waals surface area contributed by atoms with Crippen molar-refractivity contribution in [2.45, 2.75) is 11.7 Å². The Morgan fingerprint density at radius 2 is 2.25 bits per heavy atom. The minimum atomic E-state index is -0.304. The van der Waals surface area contributed by atoms with Crippen molar-refractivity contribution in [2.75, 3.05) is 5.75 Å². The van der Waals surface area contributed by atoms with E-state index >= 15 is 0 Å². The van der Waals surface area contributed by atoms with Gasteiger partial charge in [0.2, 0.25) is 0 Å². The van der Waals surface area contributed by atoms with Gasteiger partial charge in [0.1, 0.15) is 5.82 Å². The Kier molecular flexibility index (Phi) is 2.28. The summed E-state index contributed by atoms with van der Waals surface area (Å²) in [6.45, 7) is 0. The lowest BCUT2D eigenvalue weighted by Crippen LogP contribution is -2.06. The van der Waals surface area contributed by atoms with Crippen molar-refractivity contribution in [3.63, 3.8) is 0 Å². The number of hydrogen-bond donors (Lipinski definition) is 0. The highest BCUT2D eigenvalue weighted by Gasteiger charge is 2.20. The summed E-state index contributed by atoms with van der Waals surface area (Å²) in [5.74, 6) is 0.885. The molecule has 0 spiro atoms. The van der Waals surface area contributed by atoms with Crippen LogP contribution in [-0.2, 0) is 0 Å². The average molecular weight is 203 g/mol. The Bertz CT molecular complexity index is 297. The first-order chi connectivity index (χ1) is 5.77. The smallest absolute Gasteiger partial charge is 0.142 e. The van der Waals surface area contributed by atoms with Crippen molar-refractivity contribution in [1.82, 2.24) is 0 Å². The quantitative estimate of drug-likeness (QED) is 0.670. The lowest BCUT2D eigenvalue weighted by atomic mass is 10.1. The highest BCUT2D eigenvalue weighted by molar-refractivity contribution is 8.00. The topological polar surface area (TPSA) is 0 Å². The van der Waals surface area contributed by atoms with Gasteiger partial charge in [0.15, 0.2) is 0 Å². The van der Waals surface area contributed by atoms with Crippen LogP contribution in [0.15, 0.2) is 18.2 Å². The molecule has 1 aromatic carbocycles. The number of hydrogen-bond acceptors (Lipinski definition) is 1. The minimum absolute atomic E-state index is 0.211. The van der Waals surface area contributed by atoms with Crippen molar-refractivity contribution < 1.29 is 4.39 Å². The zero-order valence-electron chi connectivity index (χ0n) is 6.39. The molecule has 1 heterocycles. The molecule has 0 nitrogen and oxygen atoms in total. The summed E-state index contributed by atoms with van der Waals surface area (Å²) in [5.41, 5.74) is 1.06. The van der Waals surface area contributed by atoms with Crippen LogP contribution in [-0.4, -0.2) is 5.75 Å². The lowest BCUT2D eigenvalue weighted by molar-refractivity contribution is 0.624. The van der Waals surface area contributed by atoms with Crippen molar-refractivity contribution >= 4 is 23.4 Å². The highest BCUT2D eigenvalue weighted by Crippen LogP contribution is 2.42. The summed E-state index contributed by atoms with van der Waals surface area (Å²) >= 11 is 7.43. The van der Waals surface area contributed by atoms with Gasteiger partial charge in [-0.05, 0) is 29.9 Å². The van der Waals surface area contributed by atoms with E-state index in [-0.39, 0.29) is 10.8 Å². The first kappa shape index (κ1) is 8.39. The third-order valence-electron chi connectivity index (χ3n) is 2.01. The molecule has 1 saturated heterocycles. The summed E-state index contributed by atoms with van der Waals surface area (Å²) < 4.78 is 13.0. The number of thioether (sulfide) groups is 1. The van der Waals surface area contributed by atoms with Gasteiger partial charge in [-0.1, -0.05) is 17.7 Å². The van der Waals surface area contributed by atoms with E-state index in [9.17, 15) is 4.39 Å². The maximum absolute atomic E-state index is 13.0. The summed E-state index contributed by atoms with van der Waals surface area (Å²) in [6, 6.07) is 5.08. The largest absolute Gasteiger partial charge is 0.205 e. The molecule has 1 fully saturated rings. The highest BCUT2D eigenvalue weighted by atomic mass is 35.5. The van der Waals surface area contributed by atoms with Gasteiger partial charge >= 0.3 is 0 Å². The van der Waals surface area contributed by atoms with Crippen LogP contribution >= 0.6 is 23.4 Å². The Morgan fingerprint density at radius 1 is 1.50 bits per heavy atom. The van der Waals surface area contributed by atoms with Crippen LogP contribution < -0.4 is 0 Å². The summed E-state index contributed by atoms with van der Waals surface area (Å²) in [4.78, 5) is 0. The third-order valence-corrected chi connectivity index (χ3v) is 3.70. The first-order valence-corrected chi connectivity index (χ1v) is 5.26. The van der Waals surface area contributed by atoms with Crippen LogP contribution in [0.5, 0.6) is 0 Å². The summed E-state index contributed by atoms with van der Waals surface area (Å²) in [5, 5.41) is 0.708. The van der Waals surface area contributed by atoms with Crippen molar-refractivity contribution in [2.24, 2.45) is 0 Å². The van der Waals surface area contributed by atoms with E-state index in [1.165, 1.54) is 5.75 Å². The van der Waals surface area contributed by atoms with Gasteiger partial charge in [0.05, 0.1) is 5.02 Å². The Labute approximate surface area is 80.1 Å². The zero-order chi connectivity index (χ0) is 8.55. The molecule has 0 aliphatic carbocycles. The Balaban J connectivity index is 2.27. The van der Waals surface area contributed by atoms with Crippen LogP contribution in [0.1, 0.15) is 17.2 Å². The second-order valence-electron chi connectivity index (χ2n) is 2.82. The summed E-state index contributed by atoms with van der Waals surface area (Å²) in [6.07, 6.45) is 1.16. The maximum atomic E-state index is 13.0. The van der Waals surface area contributed by atoms with Gasteiger partial charge in [0, 0.05) is 5.25 Å². The van der Waals surface area contributed by atoms with E-state index in [1.54, 1.807) is 12.1 Å². The van der Waals surface area contributed by atoms with E-state index in [4.69, 9.17) is 11.6 Å². The predicted octanol–water partition coefficient (Wildman–Crippen LogP) is 3.66. The van der Waals surface area contributed by atoms with Gasteiger partial charge in [0.25, 0.3) is 0 Å². The number of rotatable bonds is 1. The molecule has 0 saturated carbocycles. The molecule has 0 amide bonds. The molecule has 1 atom stereocenters. The fourth-order valence-electron chi connectivity index (χ4n) is 1.21. The van der Waals surface area contributed by atoms with Gasteiger partial charge in [-0.2, -0.15) is 11.8 Å². The number of benzene rings is 1. The van der Waals surface area contributed by atoms with Crippen LogP contribution in [0.2, 0.25) is 5.02 Å². The van der Waals surface area contributed by atoms with Gasteiger partial charge in [-0.3, -0.25) is 0 Å². The maximum Gasteiger partial charge on any atom is 0.142 e. The van der Waals surface area contributed by atoms with E-state index in [1.807, 2.05) is 17.8 Å². The van der Waals surface area contributed by atoms with Crippen LogP contribution in [0.25, 0.3) is 0 Å². The van der Waals surface area contributed by atoms with Crippen LogP contribution in [0.3, 0.4) is 0 Å². The van der Waals surface area contributed by atoms with E-state index in [2.05, 4.69) is 0 Å². The van der Waals surface area contributed by atoms with Crippen molar-refractivity contribution in [1.29, 1.82) is 0 Å². The normalized spacial score (nSPS) is 22.0. The molecular weight excluding hydrogens is 195 g/mol. The molecule has 1 aromatic rings. The molecule has 12 heavy (non-hydrogen) atoms. The first-order valence-electron chi connectivity index (χ1n) is 3.84. The second-order valence-corrected chi connectivity index (χ2v) is 4.54. The molecule has 3 heteroatoms. The van der Waals surface area contributed by atoms with Crippen molar-refractivity contribution in [3.8, 4) is 0 Å². The SMILES string of the molecule is Fc1cc(C2CCS2)ccc1Cl. The van der Waals surface area contributed by atoms with E-state index in [0.717, 1.165) is 12.0 Å². The van der Waals surface area contributed by atoms with Crippen molar-refractivity contribution in [3.05, 3.63) is 34.6 Å². The molecule has 0 radical (unpaired) electrons. The summed E-state index contributed by atoms with van der Waals surface area (Å²) in [7, 11) is 0. The fraction of sp³-hybridized carbons (Fsp3) is 0.333. The predicted molar refractivity (Wildman–Crippen MR) is 51.2 cm³/mol. The second kappa shape index (κ2) is 3.27. The lowest BCUT2D eigenvalue weighted by Gasteiger charge is -2.25. The zero-order valence-corrected chi connectivity index (χ0v) is 7.96. The molecule has 0 bridgehead atoms. The van der Waals surface area contributed by atoms with E-state index < -0.39 is 0 Å². The van der Waals surface area contributed by atoms with Gasteiger partial charge in [-0.15, -0.1) is 0 Å². The van der Waals surface area contributed by atoms with Crippen LogP contribution in [0.4, 0.5) is 4.39 Å². The average Bonchev–Trinajstić information content (AvgIpc) is 1.93. The fourth-order valence-corrected chi connectivity index (χ4v) is 2.14. The van der Waals surface area contributed by atoms with Crippen LogP contribution in [0, 0.1) is 5.82 Å². The van der Waals surface area contributed by atoms with Gasteiger partial charge in [-0.25, -0.2) is 4.39 Å². The number of halogens is 2. The molecule has 1 aliphatic heterocycles. The molecule has 64 valence electrons. The third kappa shape index (κ3) is 1.46. The minimum Gasteiger partial charge on any atom is -0.205 e. The Morgan fingerprint density at radius 3 is 2.75 bits per heavy atom. The molecular formula is C9H8ClFS. The van der Waals surface area contributed by atoms with E-state index in [0.29, 0.717) is 5.25 Å². The standard InChI is InChI=1S/C9H8ClFS/c10-7-2-1-6(5-8(7)11)9-3-4-12-9/h1-2,5,9H,3-4H2. The molecule has 1 unspecified atom stereocenters. The Hall–Kier alpha value is -0.210.